The molecule has 1 heterocycles. The molecule has 1 fully saturated rings. The lowest BCUT2D eigenvalue weighted by Crippen LogP contribution is -2.27. The lowest BCUT2D eigenvalue weighted by Gasteiger charge is -2.15. The van der Waals surface area contributed by atoms with Crippen molar-refractivity contribution < 1.29 is 19.0 Å². The number of nitrogens with one attached hydrogen (secondary N) is 4. The van der Waals surface area contributed by atoms with Crippen LogP contribution < -0.4 is 31.7 Å². The van der Waals surface area contributed by atoms with Gasteiger partial charge in [0.1, 0.15) is 5.75 Å². The predicted octanol–water partition coefficient (Wildman–Crippen LogP) is 3.18. The van der Waals surface area contributed by atoms with Crippen LogP contribution in [0.2, 0.25) is 0 Å². The van der Waals surface area contributed by atoms with Gasteiger partial charge in [0, 0.05) is 37.8 Å². The van der Waals surface area contributed by atoms with E-state index in [0.717, 1.165) is 29.7 Å². The third-order valence-corrected chi connectivity index (χ3v) is 6.77. The minimum Gasteiger partial charge on any atom is -0.497 e. The zero-order chi connectivity index (χ0) is 29.4. The molecule has 0 radical (unpaired) electrons. The number of amides is 1. The topological polar surface area (TPSA) is 158 Å². The summed E-state index contributed by atoms with van der Waals surface area (Å²) in [6.07, 6.45) is 4.65. The molecule has 1 saturated carbocycles. The van der Waals surface area contributed by atoms with Gasteiger partial charge in [-0.3, -0.25) is 4.79 Å². The normalized spacial score (nSPS) is 13.1. The highest BCUT2D eigenvalue weighted by molar-refractivity contribution is 5.94. The lowest BCUT2D eigenvalue weighted by molar-refractivity contribution is 0.0511. The third-order valence-electron chi connectivity index (χ3n) is 6.77. The summed E-state index contributed by atoms with van der Waals surface area (Å²) in [5, 5.41) is 12.9. The van der Waals surface area contributed by atoms with Crippen LogP contribution in [-0.4, -0.2) is 73.5 Å². The maximum absolute atomic E-state index is 12.5. The van der Waals surface area contributed by atoms with Gasteiger partial charge in [0.15, 0.2) is 0 Å². The molecule has 3 aromatic rings. The van der Waals surface area contributed by atoms with Crippen LogP contribution in [0, 0.1) is 0 Å². The summed E-state index contributed by atoms with van der Waals surface area (Å²) in [5.74, 6) is 2.18. The molecule has 2 aromatic carbocycles. The molecule has 6 N–H and O–H groups in total. The fraction of sp³-hybridized carbons (Fsp3) is 0.467. The van der Waals surface area contributed by atoms with Gasteiger partial charge in [-0.05, 0) is 48.2 Å². The van der Waals surface area contributed by atoms with Crippen molar-refractivity contribution in [2.75, 3.05) is 62.6 Å². The van der Waals surface area contributed by atoms with Crippen LogP contribution in [0.15, 0.2) is 48.5 Å². The van der Waals surface area contributed by atoms with E-state index < -0.39 is 0 Å². The third kappa shape index (κ3) is 10.4. The van der Waals surface area contributed by atoms with Crippen molar-refractivity contribution in [3.63, 3.8) is 0 Å². The summed E-state index contributed by atoms with van der Waals surface area (Å²) in [5.41, 5.74) is 8.03. The largest absolute Gasteiger partial charge is 0.497 e. The van der Waals surface area contributed by atoms with E-state index in [2.05, 4.69) is 36.2 Å². The van der Waals surface area contributed by atoms with Crippen molar-refractivity contribution >= 4 is 23.8 Å². The second kappa shape index (κ2) is 17.1. The quantitative estimate of drug-likeness (QED) is 0.141. The Morgan fingerprint density at radius 1 is 0.810 bits per heavy atom. The van der Waals surface area contributed by atoms with E-state index in [1.54, 1.807) is 19.2 Å². The van der Waals surface area contributed by atoms with Crippen molar-refractivity contribution in [3.8, 4) is 5.75 Å². The van der Waals surface area contributed by atoms with Gasteiger partial charge < -0.3 is 41.2 Å². The van der Waals surface area contributed by atoms with Crippen molar-refractivity contribution in [1.29, 1.82) is 0 Å². The number of nitrogens with zero attached hydrogens (tertiary/aromatic N) is 3. The average Bonchev–Trinajstić information content (AvgIpc) is 3.53. The molecule has 0 saturated heterocycles. The maximum Gasteiger partial charge on any atom is 0.251 e. The second-order valence-electron chi connectivity index (χ2n) is 9.95. The monoisotopic (exact) mass is 578 g/mol. The molecule has 226 valence electrons. The van der Waals surface area contributed by atoms with Gasteiger partial charge in [-0.25, -0.2) is 0 Å². The van der Waals surface area contributed by atoms with E-state index in [1.807, 2.05) is 36.4 Å². The summed E-state index contributed by atoms with van der Waals surface area (Å²) in [6, 6.07) is 15.7. The van der Waals surface area contributed by atoms with E-state index in [1.165, 1.54) is 12.8 Å². The van der Waals surface area contributed by atoms with Gasteiger partial charge in [-0.2, -0.15) is 15.0 Å². The van der Waals surface area contributed by atoms with E-state index in [0.29, 0.717) is 82.1 Å². The molecule has 0 unspecified atom stereocenters. The summed E-state index contributed by atoms with van der Waals surface area (Å²) < 4.78 is 15.9. The molecule has 12 nitrogen and oxygen atoms in total. The highest BCUT2D eigenvalue weighted by Gasteiger charge is 2.17. The molecular formula is C30H42N8O4. The van der Waals surface area contributed by atoms with Gasteiger partial charge in [0.25, 0.3) is 5.91 Å². The Morgan fingerprint density at radius 3 is 1.98 bits per heavy atom. The zero-order valence-electron chi connectivity index (χ0n) is 24.2. The molecular weight excluding hydrogens is 536 g/mol. The lowest BCUT2D eigenvalue weighted by atomic mass is 10.1. The van der Waals surface area contributed by atoms with Gasteiger partial charge >= 0.3 is 0 Å². The SMILES string of the molecule is COc1ccc(CNc2nc(NCc3ccc(C(=O)NCCOCCOCCN)cc3)nc(NC3CCCC3)n2)cc1. The molecule has 1 amide bonds. The number of aromatic nitrogens is 3. The van der Waals surface area contributed by atoms with Crippen LogP contribution in [-0.2, 0) is 22.6 Å². The first kappa shape index (κ1) is 30.9. The Labute approximate surface area is 247 Å². The van der Waals surface area contributed by atoms with Crippen LogP contribution in [0.3, 0.4) is 0 Å². The van der Waals surface area contributed by atoms with Crippen molar-refractivity contribution in [2.45, 2.75) is 44.8 Å². The van der Waals surface area contributed by atoms with E-state index in [4.69, 9.17) is 19.9 Å². The highest BCUT2D eigenvalue weighted by atomic mass is 16.5. The molecule has 1 aromatic heterocycles. The number of ether oxygens (including phenoxy) is 3. The Kier molecular flexibility index (Phi) is 12.6. The number of carbonyl (C=O) groups excluding carboxylic acids is 1. The van der Waals surface area contributed by atoms with Crippen LogP contribution >= 0.6 is 0 Å². The number of nitrogens with two attached hydrogens (primary N) is 1. The van der Waals surface area contributed by atoms with E-state index in [9.17, 15) is 4.79 Å². The maximum atomic E-state index is 12.5. The molecule has 4 rings (SSSR count). The number of rotatable bonds is 18. The van der Waals surface area contributed by atoms with Crippen molar-refractivity contribution in [2.24, 2.45) is 5.73 Å². The zero-order valence-corrected chi connectivity index (χ0v) is 24.2. The van der Waals surface area contributed by atoms with E-state index in [-0.39, 0.29) is 5.91 Å². The number of methoxy groups -OCH3 is 1. The first-order valence-corrected chi connectivity index (χ1v) is 14.5. The van der Waals surface area contributed by atoms with E-state index >= 15 is 0 Å². The number of hydrogen-bond acceptors (Lipinski definition) is 11. The molecule has 0 aliphatic heterocycles. The molecule has 0 atom stereocenters. The fourth-order valence-electron chi connectivity index (χ4n) is 4.48. The number of carbonyl (C=O) groups is 1. The molecule has 1 aliphatic rings. The van der Waals surface area contributed by atoms with Crippen LogP contribution in [0.1, 0.15) is 47.2 Å². The predicted molar refractivity (Wildman–Crippen MR) is 163 cm³/mol. The van der Waals surface area contributed by atoms with Gasteiger partial charge in [-0.1, -0.05) is 37.1 Å². The highest BCUT2D eigenvalue weighted by Crippen LogP contribution is 2.22. The minimum absolute atomic E-state index is 0.148. The summed E-state index contributed by atoms with van der Waals surface area (Å²) >= 11 is 0. The minimum atomic E-state index is -0.148. The molecule has 0 bridgehead atoms. The van der Waals surface area contributed by atoms with Gasteiger partial charge in [0.2, 0.25) is 17.8 Å². The summed E-state index contributed by atoms with van der Waals surface area (Å²) in [6.45, 7) is 3.87. The van der Waals surface area contributed by atoms with Crippen molar-refractivity contribution in [1.82, 2.24) is 20.3 Å². The fourth-order valence-corrected chi connectivity index (χ4v) is 4.48. The Hall–Kier alpha value is -4.00. The number of benzene rings is 2. The second-order valence-corrected chi connectivity index (χ2v) is 9.95. The van der Waals surface area contributed by atoms with Crippen LogP contribution in [0.5, 0.6) is 5.75 Å². The Morgan fingerprint density at radius 2 is 1.38 bits per heavy atom. The average molecular weight is 579 g/mol. The summed E-state index contributed by atoms with van der Waals surface area (Å²) in [7, 11) is 1.65. The molecule has 0 spiro atoms. The van der Waals surface area contributed by atoms with Gasteiger partial charge in [0.05, 0.1) is 33.5 Å². The van der Waals surface area contributed by atoms with Crippen molar-refractivity contribution in [3.05, 3.63) is 65.2 Å². The molecule has 12 heteroatoms. The standard InChI is InChI=1S/C30H42N8O4/c1-40-26-12-8-23(9-13-26)21-34-29-36-28(37-30(38-29)35-25-4-2-3-5-25)33-20-22-6-10-24(11-7-22)27(39)32-15-17-42-19-18-41-16-14-31/h6-13,25H,2-5,14-21,31H2,1H3,(H,32,39)(H3,33,34,35,36,37,38). The molecule has 42 heavy (non-hydrogen) atoms. The Balaban J connectivity index is 1.29. The first-order valence-electron chi connectivity index (χ1n) is 14.5. The number of hydrogen-bond donors (Lipinski definition) is 5. The van der Waals surface area contributed by atoms with Gasteiger partial charge in [-0.15, -0.1) is 0 Å². The number of anilines is 3. The molecule has 1 aliphatic carbocycles. The summed E-state index contributed by atoms with van der Waals surface area (Å²) in [4.78, 5) is 26.3. The van der Waals surface area contributed by atoms with Crippen LogP contribution in [0.4, 0.5) is 17.8 Å². The Bertz CT molecular complexity index is 1220. The smallest absolute Gasteiger partial charge is 0.251 e. The van der Waals surface area contributed by atoms with Crippen LogP contribution in [0.25, 0.3) is 0 Å². The first-order chi connectivity index (χ1) is 20.6.